The molecule has 126 valence electrons. The van der Waals surface area contributed by atoms with Crippen molar-refractivity contribution >= 4 is 11.7 Å². The molecule has 0 aliphatic carbocycles. The van der Waals surface area contributed by atoms with Crippen LogP contribution in [-0.4, -0.2) is 36.6 Å². The average Bonchev–Trinajstić information content (AvgIpc) is 2.62. The van der Waals surface area contributed by atoms with Gasteiger partial charge >= 0.3 is 0 Å². The summed E-state index contributed by atoms with van der Waals surface area (Å²) in [6.07, 6.45) is 3.71. The lowest BCUT2D eigenvalue weighted by atomic mass is 10.1. The Labute approximate surface area is 140 Å². The number of hydrogen-bond acceptors (Lipinski definition) is 4. The molecule has 1 saturated heterocycles. The van der Waals surface area contributed by atoms with Crippen molar-refractivity contribution < 1.29 is 13.9 Å². The molecule has 0 spiro atoms. The third-order valence-corrected chi connectivity index (χ3v) is 3.94. The highest BCUT2D eigenvalue weighted by atomic mass is 19.1. The molecule has 0 radical (unpaired) electrons. The van der Waals surface area contributed by atoms with Crippen LogP contribution in [0.2, 0.25) is 0 Å². The van der Waals surface area contributed by atoms with Gasteiger partial charge in [0.25, 0.3) is 5.91 Å². The van der Waals surface area contributed by atoms with Crippen molar-refractivity contribution in [2.75, 3.05) is 24.6 Å². The Morgan fingerprint density at radius 3 is 2.88 bits per heavy atom. The number of anilines is 1. The zero-order chi connectivity index (χ0) is 16.8. The summed E-state index contributed by atoms with van der Waals surface area (Å²) in [5.41, 5.74) is 0. The van der Waals surface area contributed by atoms with E-state index >= 15 is 0 Å². The second-order valence-corrected chi connectivity index (χ2v) is 5.78. The quantitative estimate of drug-likeness (QED) is 0.915. The minimum absolute atomic E-state index is 0.0741. The van der Waals surface area contributed by atoms with E-state index in [1.54, 1.807) is 6.20 Å². The first-order chi connectivity index (χ1) is 11.7. The molecule has 3 rings (SSSR count). The predicted octanol–water partition coefficient (Wildman–Crippen LogP) is 2.38. The van der Waals surface area contributed by atoms with E-state index in [2.05, 4.69) is 15.2 Å². The van der Waals surface area contributed by atoms with Crippen LogP contribution in [0.1, 0.15) is 12.8 Å². The number of rotatable bonds is 5. The number of pyridine rings is 1. The van der Waals surface area contributed by atoms with Gasteiger partial charge in [0.1, 0.15) is 17.4 Å². The van der Waals surface area contributed by atoms with E-state index in [1.165, 1.54) is 24.3 Å². The maximum absolute atomic E-state index is 12.8. The lowest BCUT2D eigenvalue weighted by Gasteiger charge is -2.33. The van der Waals surface area contributed by atoms with Crippen molar-refractivity contribution in [2.45, 2.75) is 18.9 Å². The molecule has 1 fully saturated rings. The first-order valence-electron chi connectivity index (χ1n) is 8.04. The highest BCUT2D eigenvalue weighted by Gasteiger charge is 2.22. The first kappa shape index (κ1) is 16.2. The van der Waals surface area contributed by atoms with Gasteiger partial charge in [-0.1, -0.05) is 6.07 Å². The summed E-state index contributed by atoms with van der Waals surface area (Å²) in [5.74, 6) is 0.903. The van der Waals surface area contributed by atoms with Gasteiger partial charge in [0, 0.05) is 25.3 Å². The van der Waals surface area contributed by atoms with Crippen LogP contribution < -0.4 is 15.0 Å². The Balaban J connectivity index is 1.48. The molecule has 5 nitrogen and oxygen atoms in total. The summed E-state index contributed by atoms with van der Waals surface area (Å²) in [4.78, 5) is 18.6. The van der Waals surface area contributed by atoms with Crippen molar-refractivity contribution in [3.8, 4) is 5.75 Å². The summed E-state index contributed by atoms with van der Waals surface area (Å²) >= 11 is 0. The Bertz CT molecular complexity index is 664. The van der Waals surface area contributed by atoms with E-state index < -0.39 is 0 Å². The molecule has 0 saturated carbocycles. The van der Waals surface area contributed by atoms with E-state index in [0.717, 1.165) is 31.7 Å². The number of benzene rings is 1. The summed E-state index contributed by atoms with van der Waals surface area (Å²) in [6.45, 7) is 1.60. The van der Waals surface area contributed by atoms with E-state index in [1.807, 2.05) is 18.2 Å². The van der Waals surface area contributed by atoms with Gasteiger partial charge in [-0.15, -0.1) is 0 Å². The number of ether oxygens (including phenoxy) is 1. The monoisotopic (exact) mass is 329 g/mol. The van der Waals surface area contributed by atoms with Crippen LogP contribution in [0.15, 0.2) is 48.7 Å². The van der Waals surface area contributed by atoms with Gasteiger partial charge in [-0.25, -0.2) is 9.37 Å². The zero-order valence-corrected chi connectivity index (χ0v) is 13.3. The Morgan fingerprint density at radius 1 is 1.29 bits per heavy atom. The zero-order valence-electron chi connectivity index (χ0n) is 13.3. The number of piperidine rings is 1. The molecule has 1 aromatic heterocycles. The molecule has 1 N–H and O–H groups in total. The van der Waals surface area contributed by atoms with Crippen LogP contribution in [0, 0.1) is 5.82 Å². The standard InChI is InChI=1S/C18H20FN3O2/c19-14-6-8-16(9-7-14)24-13-18(23)21-15-4-3-11-22(12-15)17-5-1-2-10-20-17/h1-2,5-10,15H,3-4,11-13H2,(H,21,23)/t15-/m1/s1. The number of aromatic nitrogens is 1. The average molecular weight is 329 g/mol. The molecular weight excluding hydrogens is 309 g/mol. The van der Waals surface area contributed by atoms with E-state index in [9.17, 15) is 9.18 Å². The van der Waals surface area contributed by atoms with Gasteiger partial charge in [-0.2, -0.15) is 0 Å². The predicted molar refractivity (Wildman–Crippen MR) is 89.5 cm³/mol. The third-order valence-electron chi connectivity index (χ3n) is 3.94. The highest BCUT2D eigenvalue weighted by Crippen LogP contribution is 2.17. The van der Waals surface area contributed by atoms with Crippen LogP contribution in [0.4, 0.5) is 10.2 Å². The van der Waals surface area contributed by atoms with E-state index in [0.29, 0.717) is 5.75 Å². The van der Waals surface area contributed by atoms with Crippen LogP contribution >= 0.6 is 0 Å². The lowest BCUT2D eigenvalue weighted by molar-refractivity contribution is -0.123. The van der Waals surface area contributed by atoms with Crippen molar-refractivity contribution in [1.82, 2.24) is 10.3 Å². The third kappa shape index (κ3) is 4.44. The molecular formula is C18H20FN3O2. The van der Waals surface area contributed by atoms with Crippen LogP contribution in [-0.2, 0) is 4.79 Å². The van der Waals surface area contributed by atoms with Crippen molar-refractivity contribution in [3.63, 3.8) is 0 Å². The summed E-state index contributed by atoms with van der Waals surface area (Å²) in [7, 11) is 0. The normalized spacial score (nSPS) is 17.4. The second-order valence-electron chi connectivity index (χ2n) is 5.78. The fourth-order valence-electron chi connectivity index (χ4n) is 2.79. The molecule has 0 unspecified atom stereocenters. The molecule has 1 aliphatic heterocycles. The number of halogens is 1. The van der Waals surface area contributed by atoms with Gasteiger partial charge in [0.15, 0.2) is 6.61 Å². The van der Waals surface area contributed by atoms with Gasteiger partial charge in [-0.05, 0) is 49.2 Å². The molecule has 2 aromatic rings. The largest absolute Gasteiger partial charge is 0.484 e. The highest BCUT2D eigenvalue weighted by molar-refractivity contribution is 5.78. The van der Waals surface area contributed by atoms with Crippen molar-refractivity contribution in [1.29, 1.82) is 0 Å². The summed E-state index contributed by atoms with van der Waals surface area (Å²) in [6, 6.07) is 11.5. The first-order valence-corrected chi connectivity index (χ1v) is 8.04. The topological polar surface area (TPSA) is 54.5 Å². The molecule has 2 heterocycles. The number of amides is 1. The minimum atomic E-state index is -0.330. The van der Waals surface area contributed by atoms with E-state index in [-0.39, 0.29) is 24.4 Å². The Morgan fingerprint density at radius 2 is 2.12 bits per heavy atom. The van der Waals surface area contributed by atoms with Crippen molar-refractivity contribution in [3.05, 3.63) is 54.5 Å². The van der Waals surface area contributed by atoms with Gasteiger partial charge in [-0.3, -0.25) is 4.79 Å². The minimum Gasteiger partial charge on any atom is -0.484 e. The SMILES string of the molecule is O=C(COc1ccc(F)cc1)N[C@@H]1CCCN(c2ccccn2)C1. The summed E-state index contributed by atoms with van der Waals surface area (Å²) in [5, 5.41) is 2.99. The van der Waals surface area contributed by atoms with E-state index in [4.69, 9.17) is 4.74 Å². The van der Waals surface area contributed by atoms with Gasteiger partial charge in [0.2, 0.25) is 0 Å². The molecule has 1 atom stereocenters. The molecule has 1 aliphatic rings. The molecule has 1 amide bonds. The van der Waals surface area contributed by atoms with Crippen LogP contribution in [0.3, 0.4) is 0 Å². The number of hydrogen-bond donors (Lipinski definition) is 1. The number of carbonyl (C=O) groups excluding carboxylic acids is 1. The van der Waals surface area contributed by atoms with Gasteiger partial charge in [0.05, 0.1) is 0 Å². The smallest absolute Gasteiger partial charge is 0.258 e. The fraction of sp³-hybridized carbons (Fsp3) is 0.333. The fourth-order valence-corrected chi connectivity index (χ4v) is 2.79. The second kappa shape index (κ2) is 7.77. The number of nitrogens with one attached hydrogen (secondary N) is 1. The number of carbonyl (C=O) groups is 1. The lowest BCUT2D eigenvalue weighted by Crippen LogP contribution is -2.49. The molecule has 1 aromatic carbocycles. The Hall–Kier alpha value is -2.63. The van der Waals surface area contributed by atoms with Gasteiger partial charge < -0.3 is 15.0 Å². The molecule has 0 bridgehead atoms. The molecule has 24 heavy (non-hydrogen) atoms. The Kier molecular flexibility index (Phi) is 5.25. The van der Waals surface area contributed by atoms with Crippen LogP contribution in [0.25, 0.3) is 0 Å². The molecule has 6 heteroatoms. The number of nitrogens with zero attached hydrogens (tertiary/aromatic N) is 2. The summed E-state index contributed by atoms with van der Waals surface area (Å²) < 4.78 is 18.2. The van der Waals surface area contributed by atoms with Crippen molar-refractivity contribution in [2.24, 2.45) is 0 Å². The maximum atomic E-state index is 12.8. The van der Waals surface area contributed by atoms with Crippen LogP contribution in [0.5, 0.6) is 5.75 Å². The maximum Gasteiger partial charge on any atom is 0.258 e.